The second-order valence-corrected chi connectivity index (χ2v) is 3.04. The van der Waals surface area contributed by atoms with E-state index in [2.05, 4.69) is 9.72 Å². The minimum Gasteiger partial charge on any atom is -0.468 e. The first-order chi connectivity index (χ1) is 6.83. The average molecular weight is 260 g/mol. The summed E-state index contributed by atoms with van der Waals surface area (Å²) in [5, 5.41) is 0. The third kappa shape index (κ3) is 4.58. The number of rotatable bonds is 3. The van der Waals surface area contributed by atoms with E-state index in [9.17, 15) is 17.7 Å². The molecule has 1 aromatic rings. The number of nitrogens with zero attached hydrogens (tertiary/aromatic N) is 2. The van der Waals surface area contributed by atoms with Crippen LogP contribution in [0.1, 0.15) is 5.69 Å². The summed E-state index contributed by atoms with van der Waals surface area (Å²) in [5.41, 5.74) is -0.443. The van der Waals surface area contributed by atoms with Crippen LogP contribution in [0.3, 0.4) is 0 Å². The van der Waals surface area contributed by atoms with E-state index in [1.165, 1.54) is 14.0 Å². The van der Waals surface area contributed by atoms with Crippen molar-refractivity contribution in [3.8, 4) is 6.01 Å². The zero-order valence-corrected chi connectivity index (χ0v) is 12.3. The minimum atomic E-state index is -5.10. The van der Waals surface area contributed by atoms with Crippen molar-refractivity contribution >= 4 is 6.98 Å². The molecule has 4 nitrogen and oxygen atoms in total. The van der Waals surface area contributed by atoms with Gasteiger partial charge >= 0.3 is 58.4 Å². The number of hydrogen-bond donors (Lipinski definition) is 0. The third-order valence-electron chi connectivity index (χ3n) is 1.67. The second-order valence-electron chi connectivity index (χ2n) is 3.04. The van der Waals surface area contributed by atoms with Crippen LogP contribution in [0.5, 0.6) is 6.01 Å². The summed E-state index contributed by atoms with van der Waals surface area (Å²) in [6.07, 6.45) is -1.34. The molecular formula is C7H9BF3KN2O2. The molecule has 0 fully saturated rings. The van der Waals surface area contributed by atoms with E-state index in [1.54, 1.807) is 0 Å². The van der Waals surface area contributed by atoms with Gasteiger partial charge < -0.3 is 17.7 Å². The van der Waals surface area contributed by atoms with Crippen LogP contribution in [0.25, 0.3) is 0 Å². The van der Waals surface area contributed by atoms with E-state index in [4.69, 9.17) is 0 Å². The van der Waals surface area contributed by atoms with Gasteiger partial charge in [0.1, 0.15) is 0 Å². The van der Waals surface area contributed by atoms with Gasteiger partial charge in [-0.2, -0.15) is 0 Å². The first-order valence-corrected chi connectivity index (χ1v) is 4.17. The molecule has 1 aromatic heterocycles. The molecule has 0 amide bonds. The van der Waals surface area contributed by atoms with Gasteiger partial charge in [-0.3, -0.25) is 9.36 Å². The fourth-order valence-electron chi connectivity index (χ4n) is 1.13. The van der Waals surface area contributed by atoms with Crippen molar-refractivity contribution in [3.63, 3.8) is 0 Å². The molecule has 0 radical (unpaired) electrons. The molecule has 0 saturated heterocycles. The van der Waals surface area contributed by atoms with Crippen molar-refractivity contribution in [2.45, 2.75) is 13.4 Å². The van der Waals surface area contributed by atoms with Crippen LogP contribution in [0.2, 0.25) is 0 Å². The Morgan fingerprint density at radius 2 is 2.06 bits per heavy atom. The molecule has 0 bridgehead atoms. The van der Waals surface area contributed by atoms with Crippen molar-refractivity contribution in [3.05, 3.63) is 22.1 Å². The van der Waals surface area contributed by atoms with Crippen molar-refractivity contribution < 1.29 is 69.1 Å². The Kier molecular flexibility index (Phi) is 6.26. The zero-order chi connectivity index (χ0) is 11.6. The van der Waals surface area contributed by atoms with Crippen molar-refractivity contribution in [1.29, 1.82) is 0 Å². The summed E-state index contributed by atoms with van der Waals surface area (Å²) < 4.78 is 41.6. The Morgan fingerprint density at radius 3 is 2.50 bits per heavy atom. The normalized spacial score (nSPS) is 10.8. The number of hydrogen-bond acceptors (Lipinski definition) is 3. The fraction of sp³-hybridized carbons (Fsp3) is 0.429. The van der Waals surface area contributed by atoms with Crippen LogP contribution < -0.4 is 61.7 Å². The molecular weight excluding hydrogens is 251 g/mol. The van der Waals surface area contributed by atoms with E-state index in [-0.39, 0.29) is 57.4 Å². The van der Waals surface area contributed by atoms with E-state index in [1.807, 2.05) is 0 Å². The SMILES string of the molecule is COc1nc(C)cc(=O)n1C[B-](F)(F)F.[K+]. The summed E-state index contributed by atoms with van der Waals surface area (Å²) in [4.78, 5) is 14.9. The van der Waals surface area contributed by atoms with Crippen molar-refractivity contribution in [2.24, 2.45) is 0 Å². The van der Waals surface area contributed by atoms with Crippen LogP contribution >= 0.6 is 0 Å². The van der Waals surface area contributed by atoms with Gasteiger partial charge in [-0.05, 0) is 6.92 Å². The summed E-state index contributed by atoms with van der Waals surface area (Å²) in [7, 11) is 1.17. The maximum Gasteiger partial charge on any atom is 1.00 e. The van der Waals surface area contributed by atoms with Crippen LogP contribution in [0.15, 0.2) is 10.9 Å². The van der Waals surface area contributed by atoms with Gasteiger partial charge in [-0.1, -0.05) is 0 Å². The Morgan fingerprint density at radius 1 is 1.50 bits per heavy atom. The standard InChI is InChI=1S/C7H9BF3N2O2.K/c1-5-3-6(14)13(4-8(9,10)11)7(12-5)15-2;/h3H,4H2,1-2H3;/q-1;+1. The average Bonchev–Trinajstić information content (AvgIpc) is 2.07. The Labute approximate surface area is 133 Å². The van der Waals surface area contributed by atoms with Gasteiger partial charge in [0, 0.05) is 18.2 Å². The molecule has 1 rings (SSSR count). The van der Waals surface area contributed by atoms with E-state index < -0.39 is 19.0 Å². The number of aromatic nitrogens is 2. The van der Waals surface area contributed by atoms with Crippen LogP contribution in [0.4, 0.5) is 12.9 Å². The van der Waals surface area contributed by atoms with E-state index in [0.29, 0.717) is 10.3 Å². The third-order valence-corrected chi connectivity index (χ3v) is 1.67. The minimum absolute atomic E-state index is 0. The number of methoxy groups -OCH3 is 1. The Balaban J connectivity index is 0.00000225. The monoisotopic (exact) mass is 260 g/mol. The van der Waals surface area contributed by atoms with Crippen LogP contribution in [-0.2, 0) is 6.44 Å². The molecule has 0 aliphatic heterocycles. The topological polar surface area (TPSA) is 44.1 Å². The molecule has 84 valence electrons. The molecule has 0 N–H and O–H groups in total. The molecule has 0 saturated carbocycles. The molecule has 0 aromatic carbocycles. The molecule has 16 heavy (non-hydrogen) atoms. The van der Waals surface area contributed by atoms with Gasteiger partial charge in [0.05, 0.1) is 7.11 Å². The van der Waals surface area contributed by atoms with Crippen LogP contribution in [0, 0.1) is 6.92 Å². The Hall–Kier alpha value is 0.171. The maximum atomic E-state index is 12.2. The maximum absolute atomic E-state index is 12.2. The molecule has 9 heteroatoms. The molecule has 0 aliphatic rings. The van der Waals surface area contributed by atoms with Gasteiger partial charge in [-0.15, -0.1) is 0 Å². The van der Waals surface area contributed by atoms with Crippen molar-refractivity contribution in [2.75, 3.05) is 7.11 Å². The molecule has 1 heterocycles. The number of ether oxygens (including phenoxy) is 1. The number of aryl methyl sites for hydroxylation is 1. The quantitative estimate of drug-likeness (QED) is 0.588. The summed E-state index contributed by atoms with van der Waals surface area (Å²) in [6.45, 7) is -3.59. The first-order valence-electron chi connectivity index (χ1n) is 4.17. The number of halogens is 3. The first kappa shape index (κ1) is 16.2. The smallest absolute Gasteiger partial charge is 0.468 e. The summed E-state index contributed by atoms with van der Waals surface area (Å²) in [6, 6.07) is 0.712. The second kappa shape index (κ2) is 6.20. The van der Waals surface area contributed by atoms with Gasteiger partial charge in [-0.25, -0.2) is 4.98 Å². The van der Waals surface area contributed by atoms with E-state index in [0.717, 1.165) is 6.07 Å². The van der Waals surface area contributed by atoms with Crippen LogP contribution in [-0.4, -0.2) is 23.6 Å². The Bertz CT molecular complexity index is 421. The summed E-state index contributed by atoms with van der Waals surface area (Å²) >= 11 is 0. The summed E-state index contributed by atoms with van der Waals surface area (Å²) in [5.74, 6) is 0. The molecule has 0 aliphatic carbocycles. The van der Waals surface area contributed by atoms with Gasteiger partial charge in [0.15, 0.2) is 0 Å². The predicted molar refractivity (Wildman–Crippen MR) is 48.9 cm³/mol. The largest absolute Gasteiger partial charge is 1.00 e. The van der Waals surface area contributed by atoms with Gasteiger partial charge in [0.2, 0.25) is 0 Å². The van der Waals surface area contributed by atoms with E-state index >= 15 is 0 Å². The van der Waals surface area contributed by atoms with Crippen molar-refractivity contribution in [1.82, 2.24) is 9.55 Å². The van der Waals surface area contributed by atoms with Gasteiger partial charge in [0.25, 0.3) is 11.6 Å². The zero-order valence-electron chi connectivity index (χ0n) is 9.21. The molecule has 0 atom stereocenters. The molecule has 0 unspecified atom stereocenters. The predicted octanol–water partition coefficient (Wildman–Crippen LogP) is -2.05. The fourth-order valence-corrected chi connectivity index (χ4v) is 1.13. The molecule has 0 spiro atoms.